The van der Waals surface area contributed by atoms with Gasteiger partial charge in [-0.25, -0.2) is 9.59 Å². The van der Waals surface area contributed by atoms with Crippen molar-refractivity contribution in [1.29, 1.82) is 0 Å². The molecule has 0 spiro atoms. The molecular formula is C13H18N2O4. The summed E-state index contributed by atoms with van der Waals surface area (Å²) in [6.45, 7) is 5.28. The number of benzene rings is 1. The van der Waals surface area contributed by atoms with Gasteiger partial charge in [0.1, 0.15) is 5.60 Å². The molecular weight excluding hydrogens is 248 g/mol. The van der Waals surface area contributed by atoms with Gasteiger partial charge in [0.25, 0.3) is 0 Å². The summed E-state index contributed by atoms with van der Waals surface area (Å²) in [5.74, 6) is -0.565. The number of carbonyl (C=O) groups is 2. The van der Waals surface area contributed by atoms with Crippen molar-refractivity contribution < 1.29 is 19.1 Å². The highest BCUT2D eigenvalue weighted by Crippen LogP contribution is 2.19. The highest BCUT2D eigenvalue weighted by atomic mass is 16.6. The molecule has 1 aromatic rings. The molecule has 0 aromatic heterocycles. The molecule has 0 radical (unpaired) electrons. The van der Waals surface area contributed by atoms with Crippen LogP contribution in [0.4, 0.5) is 16.2 Å². The van der Waals surface area contributed by atoms with Gasteiger partial charge in [-0.3, -0.25) is 5.32 Å². The van der Waals surface area contributed by atoms with Gasteiger partial charge in [0, 0.05) is 11.4 Å². The van der Waals surface area contributed by atoms with Crippen LogP contribution in [-0.2, 0) is 9.47 Å². The smallest absolute Gasteiger partial charge is 0.412 e. The Morgan fingerprint density at radius 2 is 1.89 bits per heavy atom. The van der Waals surface area contributed by atoms with Gasteiger partial charge in [-0.05, 0) is 39.0 Å². The van der Waals surface area contributed by atoms with Crippen LogP contribution in [-0.4, -0.2) is 24.8 Å². The van der Waals surface area contributed by atoms with Gasteiger partial charge in [0.05, 0.1) is 12.7 Å². The van der Waals surface area contributed by atoms with E-state index >= 15 is 0 Å². The second-order valence-corrected chi connectivity index (χ2v) is 4.92. The van der Waals surface area contributed by atoms with E-state index in [9.17, 15) is 9.59 Å². The second kappa shape index (κ2) is 5.60. The number of methoxy groups -OCH3 is 1. The molecule has 1 rings (SSSR count). The van der Waals surface area contributed by atoms with Crippen LogP contribution in [0.1, 0.15) is 31.1 Å². The van der Waals surface area contributed by atoms with Crippen LogP contribution in [0.25, 0.3) is 0 Å². The number of hydrogen-bond acceptors (Lipinski definition) is 5. The van der Waals surface area contributed by atoms with E-state index in [2.05, 4.69) is 10.1 Å². The van der Waals surface area contributed by atoms with Crippen molar-refractivity contribution in [3.05, 3.63) is 23.8 Å². The maximum absolute atomic E-state index is 11.6. The summed E-state index contributed by atoms with van der Waals surface area (Å²) in [5, 5.41) is 2.52. The normalized spacial score (nSPS) is 10.7. The van der Waals surface area contributed by atoms with Gasteiger partial charge in [0.15, 0.2) is 0 Å². The molecule has 1 amide bonds. The lowest BCUT2D eigenvalue weighted by molar-refractivity contribution is 0.0597. The zero-order valence-corrected chi connectivity index (χ0v) is 11.4. The standard InChI is InChI=1S/C13H18N2O4/c1-13(2,3)19-12(17)15-8-5-6-10(14)9(7-8)11(16)18-4/h5-7H,14H2,1-4H3,(H,15,17). The summed E-state index contributed by atoms with van der Waals surface area (Å²) < 4.78 is 9.70. The fraction of sp³-hybridized carbons (Fsp3) is 0.385. The van der Waals surface area contributed by atoms with Crippen LogP contribution < -0.4 is 11.1 Å². The summed E-state index contributed by atoms with van der Waals surface area (Å²) in [6, 6.07) is 4.52. The van der Waals surface area contributed by atoms with E-state index in [1.54, 1.807) is 26.8 Å². The largest absolute Gasteiger partial charge is 0.465 e. The van der Waals surface area contributed by atoms with Crippen LogP contribution >= 0.6 is 0 Å². The summed E-state index contributed by atoms with van der Waals surface area (Å²) in [5.41, 5.74) is 5.94. The third kappa shape index (κ3) is 4.50. The highest BCUT2D eigenvalue weighted by molar-refractivity contribution is 5.97. The number of anilines is 2. The van der Waals surface area contributed by atoms with Crippen molar-refractivity contribution in [2.75, 3.05) is 18.2 Å². The van der Waals surface area contributed by atoms with E-state index in [1.807, 2.05) is 0 Å². The Morgan fingerprint density at radius 1 is 1.26 bits per heavy atom. The average molecular weight is 266 g/mol. The number of carbonyl (C=O) groups excluding carboxylic acids is 2. The summed E-state index contributed by atoms with van der Waals surface area (Å²) in [7, 11) is 1.26. The fourth-order valence-electron chi connectivity index (χ4n) is 1.34. The minimum absolute atomic E-state index is 0.191. The van der Waals surface area contributed by atoms with Gasteiger partial charge in [0.2, 0.25) is 0 Å². The molecule has 19 heavy (non-hydrogen) atoms. The molecule has 0 aliphatic rings. The first-order valence-electron chi connectivity index (χ1n) is 5.71. The Labute approximate surface area is 111 Å². The van der Waals surface area contributed by atoms with Crippen LogP contribution in [0.5, 0.6) is 0 Å². The van der Waals surface area contributed by atoms with Gasteiger partial charge >= 0.3 is 12.1 Å². The number of nitrogens with two attached hydrogens (primary N) is 1. The van der Waals surface area contributed by atoms with Crippen LogP contribution in [0.2, 0.25) is 0 Å². The van der Waals surface area contributed by atoms with Gasteiger partial charge in [-0.15, -0.1) is 0 Å². The third-order valence-corrected chi connectivity index (χ3v) is 2.10. The molecule has 3 N–H and O–H groups in total. The Bertz CT molecular complexity index is 492. The first kappa shape index (κ1) is 14.8. The predicted octanol–water partition coefficient (Wildman–Crippen LogP) is 2.40. The second-order valence-electron chi connectivity index (χ2n) is 4.92. The lowest BCUT2D eigenvalue weighted by Gasteiger charge is -2.19. The first-order valence-corrected chi connectivity index (χ1v) is 5.71. The molecule has 6 nitrogen and oxygen atoms in total. The third-order valence-electron chi connectivity index (χ3n) is 2.10. The number of nitrogens with one attached hydrogen (secondary N) is 1. The summed E-state index contributed by atoms with van der Waals surface area (Å²) in [6.07, 6.45) is -0.604. The molecule has 0 aliphatic carbocycles. The molecule has 0 atom stereocenters. The number of esters is 1. The number of nitrogen functional groups attached to an aromatic ring is 1. The minimum Gasteiger partial charge on any atom is -0.465 e. The Kier molecular flexibility index (Phi) is 4.37. The van der Waals surface area contributed by atoms with Crippen molar-refractivity contribution in [3.63, 3.8) is 0 Å². The van der Waals surface area contributed by atoms with Gasteiger partial charge < -0.3 is 15.2 Å². The SMILES string of the molecule is COC(=O)c1cc(NC(=O)OC(C)(C)C)ccc1N. The number of hydrogen-bond donors (Lipinski definition) is 2. The Balaban J connectivity index is 2.86. The Morgan fingerprint density at radius 3 is 2.42 bits per heavy atom. The summed E-state index contributed by atoms with van der Waals surface area (Å²) in [4.78, 5) is 23.0. The first-order chi connectivity index (χ1) is 8.73. The molecule has 0 aliphatic heterocycles. The topological polar surface area (TPSA) is 90.6 Å². The molecule has 0 bridgehead atoms. The highest BCUT2D eigenvalue weighted by Gasteiger charge is 2.17. The van der Waals surface area contributed by atoms with Crippen molar-refractivity contribution in [2.45, 2.75) is 26.4 Å². The Hall–Kier alpha value is -2.24. The number of ether oxygens (including phenoxy) is 2. The fourth-order valence-corrected chi connectivity index (χ4v) is 1.34. The van der Waals surface area contributed by atoms with E-state index in [1.165, 1.54) is 19.2 Å². The zero-order valence-electron chi connectivity index (χ0n) is 11.4. The zero-order chi connectivity index (χ0) is 14.6. The molecule has 0 saturated heterocycles. The maximum Gasteiger partial charge on any atom is 0.412 e. The van der Waals surface area contributed by atoms with Gasteiger partial charge in [-0.1, -0.05) is 0 Å². The average Bonchev–Trinajstić information content (AvgIpc) is 2.28. The molecule has 0 saturated carbocycles. The quantitative estimate of drug-likeness (QED) is 0.633. The van der Waals surface area contributed by atoms with Crippen LogP contribution in [0.3, 0.4) is 0 Å². The number of rotatable bonds is 2. The molecule has 104 valence electrons. The van der Waals surface area contributed by atoms with E-state index in [0.29, 0.717) is 5.69 Å². The van der Waals surface area contributed by atoms with Gasteiger partial charge in [-0.2, -0.15) is 0 Å². The number of amides is 1. The van der Waals surface area contributed by atoms with E-state index in [0.717, 1.165) is 0 Å². The molecule has 1 aromatic carbocycles. The maximum atomic E-state index is 11.6. The van der Waals surface area contributed by atoms with Crippen molar-refractivity contribution in [1.82, 2.24) is 0 Å². The van der Waals surface area contributed by atoms with Crippen molar-refractivity contribution >= 4 is 23.4 Å². The lowest BCUT2D eigenvalue weighted by atomic mass is 10.1. The molecule has 0 heterocycles. The van der Waals surface area contributed by atoms with Crippen LogP contribution in [0, 0.1) is 0 Å². The van der Waals surface area contributed by atoms with Crippen molar-refractivity contribution in [3.8, 4) is 0 Å². The molecule has 0 unspecified atom stereocenters. The minimum atomic E-state index is -0.604. The lowest BCUT2D eigenvalue weighted by Crippen LogP contribution is -2.27. The van der Waals surface area contributed by atoms with E-state index in [-0.39, 0.29) is 11.3 Å². The molecule has 0 fully saturated rings. The summed E-state index contributed by atoms with van der Waals surface area (Å²) >= 11 is 0. The molecule has 6 heteroatoms. The van der Waals surface area contributed by atoms with Crippen molar-refractivity contribution in [2.24, 2.45) is 0 Å². The van der Waals surface area contributed by atoms with E-state index < -0.39 is 17.7 Å². The van der Waals surface area contributed by atoms with Crippen LogP contribution in [0.15, 0.2) is 18.2 Å². The predicted molar refractivity (Wildman–Crippen MR) is 72.1 cm³/mol. The monoisotopic (exact) mass is 266 g/mol. The van der Waals surface area contributed by atoms with E-state index in [4.69, 9.17) is 10.5 Å².